The summed E-state index contributed by atoms with van der Waals surface area (Å²) in [7, 11) is 0. The Balaban J connectivity index is 1.71. The summed E-state index contributed by atoms with van der Waals surface area (Å²) in [5, 5.41) is 4.76. The lowest BCUT2D eigenvalue weighted by atomic mass is 10.2. The Bertz CT molecular complexity index is 1090. The minimum absolute atomic E-state index is 0.100. The van der Waals surface area contributed by atoms with Gasteiger partial charge in [0.1, 0.15) is 5.82 Å². The highest BCUT2D eigenvalue weighted by Crippen LogP contribution is 2.25. The summed E-state index contributed by atoms with van der Waals surface area (Å²) >= 11 is 5.96. The first-order valence-electron chi connectivity index (χ1n) is 7.15. The van der Waals surface area contributed by atoms with Crippen LogP contribution in [0.1, 0.15) is 10.6 Å². The Morgan fingerprint density at radius 3 is 2.79 bits per heavy atom. The molecule has 0 aliphatic heterocycles. The first-order valence-corrected chi connectivity index (χ1v) is 7.53. The molecule has 0 radical (unpaired) electrons. The van der Waals surface area contributed by atoms with E-state index < -0.39 is 11.7 Å². The summed E-state index contributed by atoms with van der Waals surface area (Å²) in [4.78, 5) is 16.6. The molecule has 118 valence electrons. The van der Waals surface area contributed by atoms with Crippen LogP contribution in [0.2, 0.25) is 5.02 Å². The van der Waals surface area contributed by atoms with Crippen LogP contribution in [-0.2, 0) is 0 Å². The fraction of sp³-hybridized carbons (Fsp3) is 0. The number of nitrogens with one attached hydrogen (secondary N) is 1. The van der Waals surface area contributed by atoms with Gasteiger partial charge in [-0.25, -0.2) is 9.37 Å². The van der Waals surface area contributed by atoms with Gasteiger partial charge in [-0.3, -0.25) is 4.79 Å². The van der Waals surface area contributed by atoms with E-state index in [1.807, 2.05) is 12.1 Å². The lowest BCUT2D eigenvalue weighted by Gasteiger charge is -2.02. The fourth-order valence-corrected chi connectivity index (χ4v) is 2.64. The van der Waals surface area contributed by atoms with Crippen LogP contribution in [0.4, 0.5) is 10.1 Å². The summed E-state index contributed by atoms with van der Waals surface area (Å²) in [6.07, 6.45) is 0. The quantitative estimate of drug-likeness (QED) is 0.557. The van der Waals surface area contributed by atoms with E-state index in [2.05, 4.69) is 10.3 Å². The van der Waals surface area contributed by atoms with Gasteiger partial charge in [0, 0.05) is 21.5 Å². The second-order valence-corrected chi connectivity index (χ2v) is 5.73. The molecule has 0 aliphatic carbocycles. The van der Waals surface area contributed by atoms with Crippen LogP contribution >= 0.6 is 11.6 Å². The third-order valence-electron chi connectivity index (χ3n) is 3.57. The van der Waals surface area contributed by atoms with Crippen molar-refractivity contribution in [2.45, 2.75) is 0 Å². The molecule has 4 nitrogen and oxygen atoms in total. The lowest BCUT2D eigenvalue weighted by Crippen LogP contribution is -2.10. The molecule has 0 spiro atoms. The van der Waals surface area contributed by atoms with Gasteiger partial charge >= 0.3 is 0 Å². The van der Waals surface area contributed by atoms with Gasteiger partial charge in [0.15, 0.2) is 5.76 Å². The third kappa shape index (κ3) is 2.70. The molecule has 1 N–H and O–H groups in total. The summed E-state index contributed by atoms with van der Waals surface area (Å²) < 4.78 is 18.7. The largest absolute Gasteiger partial charge is 0.433 e. The molecule has 0 aliphatic rings. The molecule has 2 heterocycles. The topological polar surface area (TPSA) is 55.1 Å². The number of fused-ring (bicyclic) bond motifs is 2. The first-order chi connectivity index (χ1) is 11.6. The van der Waals surface area contributed by atoms with Crippen LogP contribution in [0.25, 0.3) is 22.0 Å². The number of nitrogens with zero attached hydrogens (tertiary/aromatic N) is 1. The number of furan rings is 1. The zero-order chi connectivity index (χ0) is 16.7. The van der Waals surface area contributed by atoms with Crippen molar-refractivity contribution < 1.29 is 13.6 Å². The van der Waals surface area contributed by atoms with Crippen LogP contribution in [-0.4, -0.2) is 10.9 Å². The number of aromatic nitrogens is 1. The van der Waals surface area contributed by atoms with Gasteiger partial charge in [-0.2, -0.15) is 0 Å². The minimum Gasteiger partial charge on any atom is -0.433 e. The van der Waals surface area contributed by atoms with Crippen LogP contribution in [0.3, 0.4) is 0 Å². The Kier molecular flexibility index (Phi) is 3.43. The van der Waals surface area contributed by atoms with Crippen LogP contribution < -0.4 is 5.32 Å². The predicted molar refractivity (Wildman–Crippen MR) is 90.9 cm³/mol. The van der Waals surface area contributed by atoms with E-state index in [1.165, 1.54) is 18.2 Å². The number of halogens is 2. The van der Waals surface area contributed by atoms with Crippen molar-refractivity contribution in [3.63, 3.8) is 0 Å². The van der Waals surface area contributed by atoms with Crippen molar-refractivity contribution in [3.05, 3.63) is 71.2 Å². The number of carbonyl (C=O) groups excluding carboxylic acids is 1. The maximum atomic E-state index is 13.2. The van der Waals surface area contributed by atoms with Gasteiger partial charge in [-0.15, -0.1) is 0 Å². The molecule has 0 saturated carbocycles. The number of rotatable bonds is 2. The van der Waals surface area contributed by atoms with E-state index in [1.54, 1.807) is 24.3 Å². The highest BCUT2D eigenvalue weighted by molar-refractivity contribution is 6.31. The second-order valence-electron chi connectivity index (χ2n) is 5.29. The normalized spacial score (nSPS) is 11.1. The maximum absolute atomic E-state index is 13.2. The smallest absolute Gasteiger partial charge is 0.291 e. The Morgan fingerprint density at radius 2 is 1.96 bits per heavy atom. The zero-order valence-corrected chi connectivity index (χ0v) is 13.0. The van der Waals surface area contributed by atoms with Crippen molar-refractivity contribution in [2.75, 3.05) is 5.32 Å². The van der Waals surface area contributed by atoms with Gasteiger partial charge in [-0.05, 0) is 42.5 Å². The van der Waals surface area contributed by atoms with Gasteiger partial charge in [0.05, 0.1) is 5.52 Å². The second kappa shape index (κ2) is 5.62. The number of pyridine rings is 1. The predicted octanol–water partition coefficient (Wildman–Crippen LogP) is 5.03. The van der Waals surface area contributed by atoms with E-state index in [0.717, 1.165) is 5.39 Å². The lowest BCUT2D eigenvalue weighted by molar-refractivity contribution is 0.0998. The molecule has 0 saturated heterocycles. The summed E-state index contributed by atoms with van der Waals surface area (Å²) in [5.74, 6) is -0.800. The molecular formula is C18H10ClFN2O2. The minimum atomic E-state index is -0.472. The average Bonchev–Trinajstić information content (AvgIpc) is 2.95. The number of hydrogen-bond acceptors (Lipinski definition) is 3. The van der Waals surface area contributed by atoms with Gasteiger partial charge < -0.3 is 9.73 Å². The van der Waals surface area contributed by atoms with Crippen LogP contribution in [0, 0.1) is 5.82 Å². The highest BCUT2D eigenvalue weighted by Gasteiger charge is 2.14. The van der Waals surface area contributed by atoms with Crippen LogP contribution in [0.5, 0.6) is 0 Å². The molecule has 4 rings (SSSR count). The Morgan fingerprint density at radius 1 is 1.08 bits per heavy atom. The van der Waals surface area contributed by atoms with Crippen molar-refractivity contribution in [2.24, 2.45) is 0 Å². The molecule has 0 atom stereocenters. The monoisotopic (exact) mass is 340 g/mol. The molecule has 2 aromatic heterocycles. The summed E-state index contributed by atoms with van der Waals surface area (Å²) in [5.41, 5.74) is 1.38. The van der Waals surface area contributed by atoms with E-state index in [0.29, 0.717) is 27.3 Å². The van der Waals surface area contributed by atoms with Gasteiger partial charge in [-0.1, -0.05) is 23.7 Å². The van der Waals surface area contributed by atoms with Gasteiger partial charge in [0.25, 0.3) is 5.91 Å². The van der Waals surface area contributed by atoms with Crippen molar-refractivity contribution in [3.8, 4) is 0 Å². The highest BCUT2D eigenvalue weighted by atomic mass is 35.5. The van der Waals surface area contributed by atoms with E-state index in [4.69, 9.17) is 16.0 Å². The van der Waals surface area contributed by atoms with Crippen LogP contribution in [0.15, 0.2) is 59.0 Å². The molecule has 6 heteroatoms. The maximum Gasteiger partial charge on any atom is 0.291 e. The molecule has 0 fully saturated rings. The fourth-order valence-electron chi connectivity index (χ4n) is 2.47. The molecule has 2 aromatic carbocycles. The molecule has 0 bridgehead atoms. The number of benzene rings is 2. The SMILES string of the molecule is O=C(Nc1cccc(F)c1)c1cc2cc3ccc(Cl)cc3nc2o1. The van der Waals surface area contributed by atoms with E-state index in [9.17, 15) is 9.18 Å². The zero-order valence-electron chi connectivity index (χ0n) is 12.2. The number of carbonyl (C=O) groups is 1. The summed E-state index contributed by atoms with van der Waals surface area (Å²) in [6, 6.07) is 14.5. The number of hydrogen-bond donors (Lipinski definition) is 1. The molecular weight excluding hydrogens is 331 g/mol. The molecule has 1 amide bonds. The first kappa shape index (κ1) is 14.7. The van der Waals surface area contributed by atoms with Crippen molar-refractivity contribution >= 4 is 45.2 Å². The van der Waals surface area contributed by atoms with E-state index in [-0.39, 0.29) is 5.76 Å². The average molecular weight is 341 g/mol. The molecule has 24 heavy (non-hydrogen) atoms. The van der Waals surface area contributed by atoms with E-state index >= 15 is 0 Å². The molecule has 4 aromatic rings. The number of anilines is 1. The Labute approximate surface area is 140 Å². The Hall–Kier alpha value is -2.92. The third-order valence-corrected chi connectivity index (χ3v) is 3.81. The summed E-state index contributed by atoms with van der Waals surface area (Å²) in [6.45, 7) is 0. The van der Waals surface area contributed by atoms with Crippen molar-refractivity contribution in [1.82, 2.24) is 4.98 Å². The van der Waals surface area contributed by atoms with Gasteiger partial charge in [0.2, 0.25) is 5.71 Å². The standard InChI is InChI=1S/C18H10ClFN2O2/c19-12-5-4-10-6-11-7-16(24-18(11)22-15(10)8-12)17(23)21-14-3-1-2-13(20)9-14/h1-9H,(H,21,23). The van der Waals surface area contributed by atoms with Crippen molar-refractivity contribution in [1.29, 1.82) is 0 Å². The molecule has 0 unspecified atom stereocenters. The number of amides is 1.